The molecular formula is C56H60F5N9O11S2. The van der Waals surface area contributed by atoms with E-state index in [1.165, 1.54) is 60.4 Å². The van der Waals surface area contributed by atoms with Crippen molar-refractivity contribution in [1.29, 1.82) is 0 Å². The number of amides is 3. The van der Waals surface area contributed by atoms with Crippen LogP contribution in [0.5, 0.6) is 11.5 Å². The molecule has 12 rings (SSSR count). The number of hydrogen-bond donors (Lipinski definition) is 2. The number of aromatic nitrogens is 4. The molecule has 83 heavy (non-hydrogen) atoms. The lowest BCUT2D eigenvalue weighted by atomic mass is 9.58. The Labute approximate surface area is 476 Å². The van der Waals surface area contributed by atoms with Crippen LogP contribution in [0.15, 0.2) is 97.6 Å². The Morgan fingerprint density at radius 2 is 1.51 bits per heavy atom. The highest BCUT2D eigenvalue weighted by molar-refractivity contribution is 7.91. The van der Waals surface area contributed by atoms with Gasteiger partial charge >= 0.3 is 18.6 Å². The standard InChI is InChI=1S/C28H26F5N5O6S.C28H34N4O5S/c1-42-26(40)37-10-15-8-27(9-15,13-37)25-35-22(36-44-25)17-6-20-21(7-18(17)29)45(41)12-19(34)23(39)38(20)11-14-2-4-16(5-3-14)43-28(32,33)24(30)31;1-28(2,3)27-31-30-25(37-27)19-11-14-24-23(15-19)32(26(33)22(29)17-38(24,34)35)16-18-9-12-21(13-10-18)36-20-7-5-4-6-8-20/h2-7,15,19,24H,8-13,34H2,1H3;9-15,20,22H,4-8,16-17,29H2,1-3H3/t15?,19-,27?,45?;22-/m00/s1. The molecule has 2 bridgehead atoms. The number of anilines is 2. The van der Waals surface area contributed by atoms with Crippen LogP contribution >= 0.6 is 0 Å². The summed E-state index contributed by atoms with van der Waals surface area (Å²) in [4.78, 5) is 47.5. The second-order valence-corrected chi connectivity index (χ2v) is 25.9. The van der Waals surface area contributed by atoms with Crippen LogP contribution in [0, 0.1) is 11.7 Å². The number of carbonyl (C=O) groups is 3. The SMILES string of the molecule is CC(C)(C)c1nnc(-c2ccc3c(c2)N(Cc2ccc(OC4CCCCC4)cc2)C(=O)[C@@H](N)CS3(=O)=O)o1.COC(=O)N1CC2CC(c3nc(-c4cc5c(cc4F)S(=O)C[C@H](N)C(=O)N5Cc4ccc(OC(F)(F)C(F)F)cc4)no3)(C2)C1. The van der Waals surface area contributed by atoms with E-state index >= 15 is 4.39 Å². The third kappa shape index (κ3) is 12.3. The summed E-state index contributed by atoms with van der Waals surface area (Å²) >= 11 is 0. The van der Waals surface area contributed by atoms with Gasteiger partial charge in [0.1, 0.15) is 17.3 Å². The smallest absolute Gasteiger partial charge is 0.461 e. The predicted molar refractivity (Wildman–Crippen MR) is 290 cm³/mol. The number of hydrogen-bond acceptors (Lipinski definition) is 17. The molecule has 4 N–H and O–H groups in total. The van der Waals surface area contributed by atoms with Gasteiger partial charge in [-0.25, -0.2) is 17.6 Å². The van der Waals surface area contributed by atoms with E-state index in [2.05, 4.69) is 25.1 Å². The first kappa shape index (κ1) is 58.8. The summed E-state index contributed by atoms with van der Waals surface area (Å²) in [5.41, 5.74) is 13.0. The van der Waals surface area contributed by atoms with Crippen molar-refractivity contribution in [2.75, 3.05) is 41.5 Å². The number of nitrogens with two attached hydrogens (primary N) is 2. The predicted octanol–water partition coefficient (Wildman–Crippen LogP) is 8.22. The van der Waals surface area contributed by atoms with Crippen molar-refractivity contribution in [2.24, 2.45) is 17.4 Å². The number of sulfone groups is 1. The Kier molecular flexibility index (Phi) is 16.3. The summed E-state index contributed by atoms with van der Waals surface area (Å²) in [5, 5.41) is 12.3. The highest BCUT2D eigenvalue weighted by Gasteiger charge is 2.56. The molecule has 0 radical (unpaired) electrons. The highest BCUT2D eigenvalue weighted by Crippen LogP contribution is 2.52. The minimum absolute atomic E-state index is 0.0146. The fourth-order valence-corrected chi connectivity index (χ4v) is 13.8. The van der Waals surface area contributed by atoms with E-state index in [1.807, 2.05) is 45.0 Å². The number of ether oxygens (including phenoxy) is 3. The van der Waals surface area contributed by atoms with Gasteiger partial charge in [-0.1, -0.05) is 56.6 Å². The van der Waals surface area contributed by atoms with Crippen molar-refractivity contribution in [2.45, 2.75) is 130 Å². The monoisotopic (exact) mass is 1190 g/mol. The molecule has 0 spiro atoms. The average Bonchev–Trinajstić information content (AvgIpc) is 2.24. The Morgan fingerprint density at radius 3 is 2.13 bits per heavy atom. The number of halogens is 5. The Balaban J connectivity index is 0.000000188. The number of alkyl halides is 4. The zero-order valence-electron chi connectivity index (χ0n) is 45.6. The molecule has 2 aliphatic carbocycles. The molecule has 6 heterocycles. The highest BCUT2D eigenvalue weighted by atomic mass is 32.2. The van der Waals surface area contributed by atoms with E-state index in [4.69, 9.17) is 29.9 Å². The first-order chi connectivity index (χ1) is 39.3. The molecule has 4 aliphatic heterocycles. The third-order valence-corrected chi connectivity index (χ3v) is 18.4. The molecule has 6 aliphatic rings. The second-order valence-electron chi connectivity index (χ2n) is 22.5. The van der Waals surface area contributed by atoms with E-state index in [-0.39, 0.29) is 87.2 Å². The van der Waals surface area contributed by atoms with Crippen LogP contribution in [0.25, 0.3) is 22.8 Å². The van der Waals surface area contributed by atoms with Crippen LogP contribution in [0.3, 0.4) is 0 Å². The molecule has 20 nitrogen and oxygen atoms in total. The summed E-state index contributed by atoms with van der Waals surface area (Å²) in [7, 11) is -4.39. The molecule has 442 valence electrons. The summed E-state index contributed by atoms with van der Waals surface area (Å²) < 4.78 is 133. The Hall–Kier alpha value is -7.36. The summed E-state index contributed by atoms with van der Waals surface area (Å²) in [6, 6.07) is 16.8. The zero-order valence-corrected chi connectivity index (χ0v) is 47.2. The molecule has 6 aromatic rings. The number of rotatable bonds is 12. The quantitative estimate of drug-likeness (QED) is 0.109. The van der Waals surface area contributed by atoms with Gasteiger partial charge in [-0.2, -0.15) is 22.5 Å². The van der Waals surface area contributed by atoms with Gasteiger partial charge in [0.15, 0.2) is 9.84 Å². The zero-order chi connectivity index (χ0) is 59.3. The van der Waals surface area contributed by atoms with Crippen molar-refractivity contribution in [3.63, 3.8) is 0 Å². The van der Waals surface area contributed by atoms with Crippen molar-refractivity contribution >= 4 is 49.9 Å². The van der Waals surface area contributed by atoms with Crippen LogP contribution in [0.4, 0.5) is 38.1 Å². The lowest BCUT2D eigenvalue weighted by molar-refractivity contribution is -0.253. The molecule has 27 heteroatoms. The van der Waals surface area contributed by atoms with Gasteiger partial charge in [0.05, 0.1) is 92.8 Å². The maximum absolute atomic E-state index is 15.5. The normalized spacial score (nSPS) is 22.6. The Bertz CT molecular complexity index is 3550. The fourth-order valence-electron chi connectivity index (χ4n) is 10.9. The molecule has 2 saturated heterocycles. The largest absolute Gasteiger partial charge is 0.490 e. The lowest BCUT2D eigenvalue weighted by Crippen LogP contribution is -2.60. The van der Waals surface area contributed by atoms with Gasteiger partial charge < -0.3 is 49.3 Å². The van der Waals surface area contributed by atoms with E-state index < -0.39 is 85.9 Å². The number of benzene rings is 4. The molecule has 3 amide bonds. The molecule has 2 aromatic heterocycles. The number of methoxy groups -OCH3 is 1. The first-order valence-corrected chi connectivity index (χ1v) is 29.7. The second kappa shape index (κ2) is 23.0. The number of carbonyl (C=O) groups excluding carboxylic acids is 3. The molecule has 4 fully saturated rings. The number of fused-ring (bicyclic) bond motifs is 4. The fraction of sp³-hybridized carbons (Fsp3) is 0.446. The van der Waals surface area contributed by atoms with Gasteiger partial charge in [0.2, 0.25) is 35.3 Å². The molecule has 3 atom stereocenters. The van der Waals surface area contributed by atoms with Gasteiger partial charge in [-0.3, -0.25) is 13.8 Å². The van der Waals surface area contributed by atoms with E-state index in [0.29, 0.717) is 36.4 Å². The van der Waals surface area contributed by atoms with Crippen LogP contribution in [0.1, 0.15) is 88.6 Å². The van der Waals surface area contributed by atoms with E-state index in [1.54, 1.807) is 17.0 Å². The maximum Gasteiger partial charge on any atom is 0.461 e. The lowest BCUT2D eigenvalue weighted by Gasteiger charge is -2.53. The molecular weight excluding hydrogens is 1130 g/mol. The topological polar surface area (TPSA) is 270 Å². The third-order valence-electron chi connectivity index (χ3n) is 15.2. The molecule has 4 aromatic carbocycles. The average molecular weight is 1190 g/mol. The summed E-state index contributed by atoms with van der Waals surface area (Å²) in [6.45, 7) is 6.63. The molecule has 2 saturated carbocycles. The van der Waals surface area contributed by atoms with Gasteiger partial charge in [-0.05, 0) is 110 Å². The number of piperidine rings is 2. The van der Waals surface area contributed by atoms with Crippen LogP contribution in [-0.4, -0.2) is 118 Å². The van der Waals surface area contributed by atoms with Crippen LogP contribution in [-0.2, 0) is 58.9 Å². The minimum Gasteiger partial charge on any atom is -0.490 e. The van der Waals surface area contributed by atoms with Crippen molar-refractivity contribution < 1.29 is 72.1 Å². The van der Waals surface area contributed by atoms with Gasteiger partial charge in [0.25, 0.3) is 0 Å². The first-order valence-electron chi connectivity index (χ1n) is 26.8. The van der Waals surface area contributed by atoms with Crippen LogP contribution < -0.4 is 30.7 Å². The van der Waals surface area contributed by atoms with Crippen molar-refractivity contribution in [1.82, 2.24) is 25.2 Å². The van der Waals surface area contributed by atoms with Crippen molar-refractivity contribution in [3.05, 3.63) is 108 Å². The van der Waals surface area contributed by atoms with Gasteiger partial charge in [0, 0.05) is 24.1 Å². The van der Waals surface area contributed by atoms with E-state index in [9.17, 15) is 44.6 Å². The van der Waals surface area contributed by atoms with Crippen LogP contribution in [0.2, 0.25) is 0 Å². The van der Waals surface area contributed by atoms with Gasteiger partial charge in [-0.15, -0.1) is 10.2 Å². The minimum atomic E-state index is -4.70. The summed E-state index contributed by atoms with van der Waals surface area (Å²) in [6.07, 6.45) is -1.85. The maximum atomic E-state index is 15.5. The number of nitrogens with zero attached hydrogens (tertiary/aromatic N) is 7. The van der Waals surface area contributed by atoms with E-state index in [0.717, 1.165) is 42.4 Å². The molecule has 1 unspecified atom stereocenters. The Morgan fingerprint density at radius 1 is 0.867 bits per heavy atom. The van der Waals surface area contributed by atoms with Crippen molar-refractivity contribution in [3.8, 4) is 34.3 Å². The summed E-state index contributed by atoms with van der Waals surface area (Å²) in [5.74, 6) is -1.43.